The number of pyridine rings is 1. The van der Waals surface area contributed by atoms with Crippen LogP contribution in [0.2, 0.25) is 0 Å². The van der Waals surface area contributed by atoms with Crippen LogP contribution in [0.1, 0.15) is 56.8 Å². The molecule has 0 aromatic carbocycles. The van der Waals surface area contributed by atoms with Gasteiger partial charge in [0, 0.05) is 18.9 Å². The molecule has 1 aliphatic heterocycles. The molecule has 1 atom stereocenters. The molecule has 1 fully saturated rings. The molecule has 0 saturated carbocycles. The molecule has 0 spiro atoms. The second-order valence-electron chi connectivity index (χ2n) is 6.98. The topological polar surface area (TPSA) is 68.7 Å². The summed E-state index contributed by atoms with van der Waals surface area (Å²) in [7, 11) is 1.52. The average molecular weight is 334 g/mol. The first-order chi connectivity index (χ1) is 11.3. The van der Waals surface area contributed by atoms with Gasteiger partial charge in [0.05, 0.1) is 18.7 Å². The lowest BCUT2D eigenvalue weighted by Crippen LogP contribution is -2.47. The van der Waals surface area contributed by atoms with E-state index in [1.807, 2.05) is 20.8 Å². The third kappa shape index (κ3) is 4.46. The number of ketones is 1. The third-order valence-corrected chi connectivity index (χ3v) is 3.95. The van der Waals surface area contributed by atoms with Crippen LogP contribution < -0.4 is 4.74 Å². The van der Waals surface area contributed by atoms with E-state index >= 15 is 0 Å². The number of rotatable bonds is 3. The molecule has 1 saturated heterocycles. The first-order valence-corrected chi connectivity index (χ1v) is 8.35. The molecule has 6 heteroatoms. The normalized spacial score (nSPS) is 18.7. The second kappa shape index (κ2) is 7.64. The summed E-state index contributed by atoms with van der Waals surface area (Å²) < 4.78 is 10.8. The van der Waals surface area contributed by atoms with Gasteiger partial charge in [0.15, 0.2) is 5.78 Å². The molecular weight excluding hydrogens is 308 g/mol. The Hall–Kier alpha value is -2.11. The van der Waals surface area contributed by atoms with Crippen LogP contribution in [0.4, 0.5) is 4.79 Å². The Labute approximate surface area is 143 Å². The lowest BCUT2D eigenvalue weighted by molar-refractivity contribution is 0.0165. The van der Waals surface area contributed by atoms with Gasteiger partial charge in [-0.25, -0.2) is 4.79 Å². The number of amides is 1. The molecule has 6 nitrogen and oxygen atoms in total. The van der Waals surface area contributed by atoms with E-state index < -0.39 is 17.7 Å². The predicted octanol–water partition coefficient (Wildman–Crippen LogP) is 3.45. The van der Waals surface area contributed by atoms with Crippen LogP contribution in [0.3, 0.4) is 0 Å². The van der Waals surface area contributed by atoms with Crippen LogP contribution in [0.5, 0.6) is 5.75 Å². The van der Waals surface area contributed by atoms with Crippen molar-refractivity contribution in [1.82, 2.24) is 9.88 Å². The summed E-state index contributed by atoms with van der Waals surface area (Å²) in [6, 6.07) is 1.11. The van der Waals surface area contributed by atoms with E-state index in [4.69, 9.17) is 9.47 Å². The maximum absolute atomic E-state index is 13.0. The van der Waals surface area contributed by atoms with Gasteiger partial charge in [-0.1, -0.05) is 12.8 Å². The van der Waals surface area contributed by atoms with Gasteiger partial charge in [-0.2, -0.15) is 0 Å². The molecule has 24 heavy (non-hydrogen) atoms. The zero-order valence-corrected chi connectivity index (χ0v) is 14.9. The molecule has 2 rings (SSSR count). The van der Waals surface area contributed by atoms with Crippen molar-refractivity contribution < 1.29 is 19.1 Å². The van der Waals surface area contributed by atoms with E-state index in [0.717, 1.165) is 19.3 Å². The summed E-state index contributed by atoms with van der Waals surface area (Å²) in [6.45, 7) is 5.99. The standard InChI is InChI=1S/C18H26N2O4/c1-18(2,3)24-17(22)20-11-7-5-6-8-14(20)16(21)13-12-19-10-9-15(13)23-4/h9-10,12,14H,5-8,11H2,1-4H3/t14-/m0/s1. The lowest BCUT2D eigenvalue weighted by Gasteiger charge is -2.31. The number of nitrogens with zero attached hydrogens (tertiary/aromatic N) is 2. The number of likely N-dealkylation sites (tertiary alicyclic amines) is 1. The van der Waals surface area contributed by atoms with E-state index in [-0.39, 0.29) is 5.78 Å². The van der Waals surface area contributed by atoms with E-state index in [9.17, 15) is 9.59 Å². The van der Waals surface area contributed by atoms with Crippen molar-refractivity contribution >= 4 is 11.9 Å². The fraction of sp³-hybridized carbons (Fsp3) is 0.611. The maximum atomic E-state index is 13.0. The van der Waals surface area contributed by atoms with Gasteiger partial charge in [-0.15, -0.1) is 0 Å². The van der Waals surface area contributed by atoms with Gasteiger partial charge in [-0.3, -0.25) is 14.7 Å². The number of hydrogen-bond acceptors (Lipinski definition) is 5. The summed E-state index contributed by atoms with van der Waals surface area (Å²) in [5.41, 5.74) is -0.191. The molecule has 0 bridgehead atoms. The van der Waals surface area contributed by atoms with E-state index in [1.54, 1.807) is 17.2 Å². The number of methoxy groups -OCH3 is 1. The molecule has 0 aliphatic carbocycles. The van der Waals surface area contributed by atoms with E-state index in [2.05, 4.69) is 4.98 Å². The fourth-order valence-corrected chi connectivity index (χ4v) is 2.84. The number of ether oxygens (including phenoxy) is 2. The van der Waals surface area contributed by atoms with Crippen LogP contribution in [0.25, 0.3) is 0 Å². The van der Waals surface area contributed by atoms with Crippen molar-refractivity contribution in [2.45, 2.75) is 58.1 Å². The number of carbonyl (C=O) groups excluding carboxylic acids is 2. The first-order valence-electron chi connectivity index (χ1n) is 8.35. The highest BCUT2D eigenvalue weighted by atomic mass is 16.6. The molecule has 0 N–H and O–H groups in total. The molecule has 132 valence electrons. The van der Waals surface area contributed by atoms with Crippen LogP contribution >= 0.6 is 0 Å². The van der Waals surface area contributed by atoms with Crippen molar-refractivity contribution in [2.75, 3.05) is 13.7 Å². The highest BCUT2D eigenvalue weighted by Crippen LogP contribution is 2.26. The Morgan fingerprint density at radius 2 is 2.00 bits per heavy atom. The van der Waals surface area contributed by atoms with Gasteiger partial charge in [0.25, 0.3) is 0 Å². The summed E-state index contributed by atoms with van der Waals surface area (Å²) in [5.74, 6) is 0.330. The Kier molecular flexibility index (Phi) is 5.80. The quantitative estimate of drug-likeness (QED) is 0.792. The number of hydrogen-bond donors (Lipinski definition) is 0. The zero-order valence-electron chi connectivity index (χ0n) is 14.9. The SMILES string of the molecule is COc1ccncc1C(=O)[C@@H]1CCCCCN1C(=O)OC(C)(C)C. The molecule has 0 radical (unpaired) electrons. The van der Waals surface area contributed by atoms with Gasteiger partial charge in [-0.05, 0) is 39.7 Å². The number of carbonyl (C=O) groups is 2. The van der Waals surface area contributed by atoms with Crippen LogP contribution in [-0.2, 0) is 4.74 Å². The maximum Gasteiger partial charge on any atom is 0.410 e. The number of Topliss-reactive ketones (excluding diaryl/α,β-unsaturated/α-hetero) is 1. The van der Waals surface area contributed by atoms with E-state index in [1.165, 1.54) is 13.3 Å². The highest BCUT2D eigenvalue weighted by molar-refractivity contribution is 6.03. The summed E-state index contributed by atoms with van der Waals surface area (Å²) in [5, 5.41) is 0. The van der Waals surface area contributed by atoms with Crippen molar-refractivity contribution in [3.8, 4) is 5.75 Å². The predicted molar refractivity (Wildman–Crippen MR) is 90.3 cm³/mol. The Morgan fingerprint density at radius 1 is 1.25 bits per heavy atom. The van der Waals surface area contributed by atoms with Crippen molar-refractivity contribution in [2.24, 2.45) is 0 Å². The van der Waals surface area contributed by atoms with Crippen LogP contribution in [0, 0.1) is 0 Å². The van der Waals surface area contributed by atoms with E-state index in [0.29, 0.717) is 24.3 Å². The monoisotopic (exact) mass is 334 g/mol. The molecular formula is C18H26N2O4. The summed E-state index contributed by atoms with van der Waals surface area (Å²) in [4.78, 5) is 31.2. The summed E-state index contributed by atoms with van der Waals surface area (Å²) >= 11 is 0. The minimum Gasteiger partial charge on any atom is -0.496 e. The second-order valence-corrected chi connectivity index (χ2v) is 6.98. The first kappa shape index (κ1) is 18.2. The van der Waals surface area contributed by atoms with Crippen molar-refractivity contribution in [1.29, 1.82) is 0 Å². The molecule has 1 aromatic rings. The van der Waals surface area contributed by atoms with Gasteiger partial charge >= 0.3 is 6.09 Å². The Bertz CT molecular complexity index is 595. The smallest absolute Gasteiger partial charge is 0.410 e. The van der Waals surface area contributed by atoms with Crippen molar-refractivity contribution in [3.63, 3.8) is 0 Å². The average Bonchev–Trinajstić information content (AvgIpc) is 2.78. The van der Waals surface area contributed by atoms with Gasteiger partial charge < -0.3 is 9.47 Å². The minimum atomic E-state index is -0.594. The molecule has 1 aromatic heterocycles. The molecule has 0 unspecified atom stereocenters. The zero-order chi connectivity index (χ0) is 17.7. The third-order valence-electron chi connectivity index (χ3n) is 3.95. The Balaban J connectivity index is 2.29. The molecule has 1 aliphatic rings. The lowest BCUT2D eigenvalue weighted by atomic mass is 10.00. The largest absolute Gasteiger partial charge is 0.496 e. The number of aromatic nitrogens is 1. The fourth-order valence-electron chi connectivity index (χ4n) is 2.84. The molecule has 1 amide bonds. The molecule has 2 heterocycles. The minimum absolute atomic E-state index is 0.146. The van der Waals surface area contributed by atoms with Crippen LogP contribution in [0.15, 0.2) is 18.5 Å². The van der Waals surface area contributed by atoms with Gasteiger partial charge in [0.2, 0.25) is 0 Å². The Morgan fingerprint density at radius 3 is 2.67 bits per heavy atom. The summed E-state index contributed by atoms with van der Waals surface area (Å²) in [6.07, 6.45) is 6.02. The highest BCUT2D eigenvalue weighted by Gasteiger charge is 2.35. The van der Waals surface area contributed by atoms with Gasteiger partial charge in [0.1, 0.15) is 11.4 Å². The van der Waals surface area contributed by atoms with Crippen molar-refractivity contribution in [3.05, 3.63) is 24.0 Å². The van der Waals surface area contributed by atoms with Crippen LogP contribution in [-0.4, -0.2) is 47.1 Å².